The average molecular weight is 392 g/mol. The van der Waals surface area contributed by atoms with E-state index in [1.165, 1.54) is 24.3 Å². The van der Waals surface area contributed by atoms with Crippen molar-refractivity contribution in [3.05, 3.63) is 71.0 Å². The van der Waals surface area contributed by atoms with Crippen molar-refractivity contribution in [3.63, 3.8) is 0 Å². The maximum atomic E-state index is 13.5. The first-order chi connectivity index (χ1) is 13.4. The first-order valence-electron chi connectivity index (χ1n) is 9.56. The number of hydrogen-bond donors (Lipinski definition) is 2. The normalized spacial score (nSPS) is 17.8. The summed E-state index contributed by atoms with van der Waals surface area (Å²) in [5.74, 6) is -1.29. The zero-order valence-corrected chi connectivity index (χ0v) is 15.9. The number of aromatic carboxylic acids is 1. The number of carboxylic acid groups (broad SMARTS) is 1. The third kappa shape index (κ3) is 6.17. The number of carbonyl (C=O) groups excluding carboxylic acids is 1. The van der Waals surface area contributed by atoms with Gasteiger partial charge in [0.15, 0.2) is 0 Å². The fourth-order valence-corrected chi connectivity index (χ4v) is 3.65. The minimum atomic E-state index is -0.974. The predicted molar refractivity (Wildman–Crippen MR) is 112 cm³/mol. The predicted octanol–water partition coefficient (Wildman–Crippen LogP) is 3.11. The number of hydrogen-bond acceptors (Lipinski definition) is 3. The van der Waals surface area contributed by atoms with E-state index in [9.17, 15) is 14.0 Å². The van der Waals surface area contributed by atoms with Crippen LogP contribution < -0.4 is 5.32 Å². The molecule has 1 heterocycles. The Bertz CT molecular complexity index is 844. The van der Waals surface area contributed by atoms with Gasteiger partial charge in [0, 0.05) is 6.54 Å². The van der Waals surface area contributed by atoms with Crippen LogP contribution >= 0.6 is 0 Å². The summed E-state index contributed by atoms with van der Waals surface area (Å²) in [4.78, 5) is 26.0. The summed E-state index contributed by atoms with van der Waals surface area (Å²) in [6.07, 6.45) is 2.77. The van der Waals surface area contributed by atoms with E-state index in [4.69, 9.17) is 5.11 Å². The second-order valence-corrected chi connectivity index (χ2v) is 7.27. The van der Waals surface area contributed by atoms with Crippen LogP contribution in [0.2, 0.25) is 0 Å². The number of carboxylic acids is 1. The van der Waals surface area contributed by atoms with Gasteiger partial charge in [-0.25, -0.2) is 9.18 Å². The molecule has 0 bridgehead atoms. The Labute approximate surface area is 182 Å². The second-order valence-electron chi connectivity index (χ2n) is 7.27. The van der Waals surface area contributed by atoms with Gasteiger partial charge in [-0.3, -0.25) is 9.69 Å². The summed E-state index contributed by atoms with van der Waals surface area (Å²) in [6, 6.07) is 12.5. The Hall–Kier alpha value is -2.13. The van der Waals surface area contributed by atoms with Gasteiger partial charge in [0.25, 0.3) is 0 Å². The Morgan fingerprint density at radius 3 is 2.59 bits per heavy atom. The van der Waals surface area contributed by atoms with Crippen molar-refractivity contribution in [3.8, 4) is 0 Å². The van der Waals surface area contributed by atoms with Gasteiger partial charge in [-0.15, -0.1) is 0 Å². The van der Waals surface area contributed by atoms with Crippen LogP contribution in [0.5, 0.6) is 0 Å². The quantitative estimate of drug-likeness (QED) is 0.742. The Morgan fingerprint density at radius 2 is 1.93 bits per heavy atom. The number of halogens is 1. The van der Waals surface area contributed by atoms with Crippen molar-refractivity contribution in [1.29, 1.82) is 0 Å². The van der Waals surface area contributed by atoms with Gasteiger partial charge in [0.1, 0.15) is 5.82 Å². The average Bonchev–Trinajstić information content (AvgIpc) is 2.68. The van der Waals surface area contributed by atoms with Crippen LogP contribution in [0.15, 0.2) is 48.5 Å². The van der Waals surface area contributed by atoms with Crippen molar-refractivity contribution in [2.75, 3.05) is 6.54 Å². The summed E-state index contributed by atoms with van der Waals surface area (Å²) in [6.45, 7) is 3.22. The molecule has 1 aliphatic rings. The van der Waals surface area contributed by atoms with Gasteiger partial charge < -0.3 is 10.4 Å². The third-order valence-electron chi connectivity index (χ3n) is 5.21. The molecule has 0 spiro atoms. The van der Waals surface area contributed by atoms with E-state index in [0.29, 0.717) is 6.54 Å². The summed E-state index contributed by atoms with van der Waals surface area (Å²) >= 11 is 0. The van der Waals surface area contributed by atoms with E-state index in [2.05, 4.69) is 10.2 Å². The van der Waals surface area contributed by atoms with Crippen molar-refractivity contribution < 1.29 is 19.1 Å². The number of piperidine rings is 1. The van der Waals surface area contributed by atoms with E-state index in [1.54, 1.807) is 18.2 Å². The molecule has 0 aromatic heterocycles. The molecular weight excluding hydrogens is 366 g/mol. The van der Waals surface area contributed by atoms with Crippen LogP contribution in [0.3, 0.4) is 0 Å². The molecule has 0 aliphatic carbocycles. The fraction of sp³-hybridized carbons (Fsp3) is 0.364. The van der Waals surface area contributed by atoms with Gasteiger partial charge >= 0.3 is 24.8 Å². The fourth-order valence-electron chi connectivity index (χ4n) is 3.65. The molecule has 1 saturated heterocycles. The number of carbonyl (C=O) groups is 2. The van der Waals surface area contributed by atoms with Crippen molar-refractivity contribution >= 4 is 30.7 Å². The minimum absolute atomic E-state index is 0. The number of rotatable bonds is 6. The molecule has 29 heavy (non-hydrogen) atoms. The van der Waals surface area contributed by atoms with Gasteiger partial charge in [-0.2, -0.15) is 0 Å². The molecular formula is C22H26FLiN2O3. The molecule has 2 atom stereocenters. The van der Waals surface area contributed by atoms with Gasteiger partial charge in [0.2, 0.25) is 5.91 Å². The SMILES string of the molecule is C[C@H](NC(=O)C1CCCCN1Cc1cccc(F)c1)c1ccc(C(=O)O)cc1.[LiH]. The molecule has 0 radical (unpaired) electrons. The van der Waals surface area contributed by atoms with Crippen molar-refractivity contribution in [2.24, 2.45) is 0 Å². The van der Waals surface area contributed by atoms with Crippen LogP contribution in [0.4, 0.5) is 4.39 Å². The first-order valence-corrected chi connectivity index (χ1v) is 9.56. The van der Waals surface area contributed by atoms with Crippen LogP contribution in [-0.2, 0) is 11.3 Å². The Morgan fingerprint density at radius 1 is 1.21 bits per heavy atom. The summed E-state index contributed by atoms with van der Waals surface area (Å²) in [5, 5.41) is 12.0. The maximum absolute atomic E-state index is 13.5. The van der Waals surface area contributed by atoms with E-state index in [1.807, 2.05) is 13.0 Å². The second kappa shape index (κ2) is 10.6. The van der Waals surface area contributed by atoms with Gasteiger partial charge in [-0.05, 0) is 61.7 Å². The number of nitrogens with one attached hydrogen (secondary N) is 1. The Balaban J connectivity index is 0.00000300. The number of benzene rings is 2. The molecule has 1 unspecified atom stereocenters. The molecule has 2 aromatic carbocycles. The molecule has 7 heteroatoms. The third-order valence-corrected chi connectivity index (χ3v) is 5.21. The molecule has 1 amide bonds. The molecule has 2 N–H and O–H groups in total. The number of likely N-dealkylation sites (tertiary alicyclic amines) is 1. The van der Waals surface area contributed by atoms with Crippen molar-refractivity contribution in [2.45, 2.75) is 44.8 Å². The van der Waals surface area contributed by atoms with Crippen molar-refractivity contribution in [1.82, 2.24) is 10.2 Å². The standard InChI is InChI=1S/C22H25FN2O3.Li.H/c1-15(17-8-10-18(11-9-17)22(27)28)24-21(26)20-7-2-3-12-25(20)14-16-5-4-6-19(23)13-16;;/h4-6,8-11,13,15,20H,2-3,7,12,14H2,1H3,(H,24,26)(H,27,28);;/t15-,20?;;/m0../s1. The van der Waals surface area contributed by atoms with Crippen LogP contribution in [0, 0.1) is 5.82 Å². The molecule has 1 fully saturated rings. The van der Waals surface area contributed by atoms with Crippen LogP contribution in [0.25, 0.3) is 0 Å². The van der Waals surface area contributed by atoms with E-state index in [0.717, 1.165) is 36.9 Å². The monoisotopic (exact) mass is 392 g/mol. The van der Waals surface area contributed by atoms with Crippen LogP contribution in [0.1, 0.15) is 53.7 Å². The molecule has 150 valence electrons. The number of nitrogens with zero attached hydrogens (tertiary/aromatic N) is 1. The number of amides is 1. The zero-order valence-electron chi connectivity index (χ0n) is 15.9. The molecule has 3 rings (SSSR count). The zero-order chi connectivity index (χ0) is 20.1. The van der Waals surface area contributed by atoms with E-state index < -0.39 is 5.97 Å². The summed E-state index contributed by atoms with van der Waals surface area (Å²) in [7, 11) is 0. The summed E-state index contributed by atoms with van der Waals surface area (Å²) < 4.78 is 13.5. The van der Waals surface area contributed by atoms with Crippen LogP contribution in [-0.4, -0.2) is 53.3 Å². The van der Waals surface area contributed by atoms with Gasteiger partial charge in [-0.1, -0.05) is 30.7 Å². The topological polar surface area (TPSA) is 69.6 Å². The molecule has 2 aromatic rings. The van der Waals surface area contributed by atoms with Gasteiger partial charge in [0.05, 0.1) is 17.6 Å². The van der Waals surface area contributed by atoms with E-state index >= 15 is 0 Å². The summed E-state index contributed by atoms with van der Waals surface area (Å²) in [5.41, 5.74) is 1.93. The first kappa shape index (κ1) is 23.1. The Kier molecular flexibility index (Phi) is 8.45. The molecule has 5 nitrogen and oxygen atoms in total. The molecule has 1 aliphatic heterocycles. The molecule has 0 saturated carbocycles. The van der Waals surface area contributed by atoms with E-state index in [-0.39, 0.29) is 48.2 Å².